The van der Waals surface area contributed by atoms with Crippen molar-refractivity contribution >= 4 is 5.69 Å². The van der Waals surface area contributed by atoms with Gasteiger partial charge in [-0.3, -0.25) is 0 Å². The van der Waals surface area contributed by atoms with Crippen LogP contribution in [0.5, 0.6) is 0 Å². The molecule has 4 rings (SSSR count). The van der Waals surface area contributed by atoms with E-state index in [0.717, 1.165) is 25.2 Å². The highest BCUT2D eigenvalue weighted by atomic mass is 15.2. The molecule has 1 aliphatic heterocycles. The molecule has 22 heavy (non-hydrogen) atoms. The Kier molecular flexibility index (Phi) is 3.19. The van der Waals surface area contributed by atoms with Crippen LogP contribution in [0.3, 0.4) is 0 Å². The van der Waals surface area contributed by atoms with Crippen LogP contribution in [0.2, 0.25) is 0 Å². The fourth-order valence-corrected chi connectivity index (χ4v) is 3.25. The third-order valence-electron chi connectivity index (χ3n) is 4.45. The van der Waals surface area contributed by atoms with Gasteiger partial charge in [0.05, 0.1) is 18.6 Å². The van der Waals surface area contributed by atoms with Crippen LogP contribution >= 0.6 is 0 Å². The normalized spacial score (nSPS) is 13.4. The molecule has 0 amide bonds. The number of rotatable bonds is 3. The van der Waals surface area contributed by atoms with Gasteiger partial charge < -0.3 is 9.88 Å². The molecule has 0 unspecified atom stereocenters. The number of nitrogens with one attached hydrogen (secondary N) is 1. The first-order chi connectivity index (χ1) is 10.8. The Balaban J connectivity index is 1.70. The van der Waals surface area contributed by atoms with Crippen LogP contribution in [0, 0.1) is 6.92 Å². The summed E-state index contributed by atoms with van der Waals surface area (Å²) in [5.74, 6) is 0. The van der Waals surface area contributed by atoms with Crippen LogP contribution in [0.4, 0.5) is 5.69 Å². The van der Waals surface area contributed by atoms with Crippen molar-refractivity contribution < 1.29 is 0 Å². The number of aryl methyl sites for hydroxylation is 1. The number of nitrogens with zero attached hydrogens (tertiary/aromatic N) is 2. The number of benzene rings is 2. The molecule has 1 aliphatic rings. The van der Waals surface area contributed by atoms with Crippen LogP contribution in [0.25, 0.3) is 11.1 Å². The van der Waals surface area contributed by atoms with E-state index in [0.29, 0.717) is 0 Å². The second kappa shape index (κ2) is 5.34. The van der Waals surface area contributed by atoms with Crippen LogP contribution < -0.4 is 4.90 Å². The van der Waals surface area contributed by atoms with E-state index in [1.54, 1.807) is 6.33 Å². The number of hydrogen-bond donors (Lipinski definition) is 1. The smallest absolute Gasteiger partial charge is 0.0922 e. The maximum Gasteiger partial charge on any atom is 0.0922 e. The lowest BCUT2D eigenvalue weighted by Crippen LogP contribution is -2.19. The molecule has 2 aromatic carbocycles. The van der Waals surface area contributed by atoms with Crippen molar-refractivity contribution in [1.82, 2.24) is 9.97 Å². The van der Waals surface area contributed by atoms with Gasteiger partial charge in [0.15, 0.2) is 0 Å². The van der Waals surface area contributed by atoms with Crippen LogP contribution in [0.1, 0.15) is 16.8 Å². The summed E-state index contributed by atoms with van der Waals surface area (Å²) in [6.07, 6.45) is 4.77. The highest BCUT2D eigenvalue weighted by Crippen LogP contribution is 2.34. The zero-order valence-electron chi connectivity index (χ0n) is 12.7. The fourth-order valence-electron chi connectivity index (χ4n) is 3.25. The third kappa shape index (κ3) is 2.29. The second-order valence-electron chi connectivity index (χ2n) is 5.91. The molecule has 3 nitrogen and oxygen atoms in total. The Morgan fingerprint density at radius 3 is 2.91 bits per heavy atom. The van der Waals surface area contributed by atoms with Crippen molar-refractivity contribution in [2.75, 3.05) is 11.4 Å². The predicted octanol–water partition coefficient (Wildman–Crippen LogP) is 3.95. The van der Waals surface area contributed by atoms with Gasteiger partial charge in [0.25, 0.3) is 0 Å². The Morgan fingerprint density at radius 1 is 1.18 bits per heavy atom. The van der Waals surface area contributed by atoms with Gasteiger partial charge in [-0.15, -0.1) is 0 Å². The van der Waals surface area contributed by atoms with Gasteiger partial charge in [0, 0.05) is 18.4 Å². The Bertz CT molecular complexity index is 790. The molecule has 3 aromatic rings. The molecule has 0 atom stereocenters. The monoisotopic (exact) mass is 289 g/mol. The van der Waals surface area contributed by atoms with E-state index in [-0.39, 0.29) is 0 Å². The van der Waals surface area contributed by atoms with E-state index < -0.39 is 0 Å². The Hall–Kier alpha value is -2.55. The predicted molar refractivity (Wildman–Crippen MR) is 90.0 cm³/mol. The minimum atomic E-state index is 0.893. The van der Waals surface area contributed by atoms with E-state index >= 15 is 0 Å². The summed E-state index contributed by atoms with van der Waals surface area (Å²) in [4.78, 5) is 9.75. The van der Waals surface area contributed by atoms with Crippen molar-refractivity contribution in [1.29, 1.82) is 0 Å². The standard InChI is InChI=1S/C19H19N3/c1-14-4-2-3-5-18(14)16-7-6-15-8-9-22(19(15)10-16)12-17-11-20-13-21-17/h2-7,10-11,13H,8-9,12H2,1H3,(H,20,21). The minimum absolute atomic E-state index is 0.893. The molecule has 1 aromatic heterocycles. The minimum Gasteiger partial charge on any atom is -0.365 e. The summed E-state index contributed by atoms with van der Waals surface area (Å²) < 4.78 is 0. The second-order valence-corrected chi connectivity index (χ2v) is 5.91. The summed E-state index contributed by atoms with van der Waals surface area (Å²) >= 11 is 0. The topological polar surface area (TPSA) is 31.9 Å². The van der Waals surface area contributed by atoms with Gasteiger partial charge in [-0.25, -0.2) is 4.98 Å². The number of fused-ring (bicyclic) bond motifs is 1. The van der Waals surface area contributed by atoms with Crippen LogP contribution in [0.15, 0.2) is 55.0 Å². The molecule has 110 valence electrons. The van der Waals surface area contributed by atoms with Gasteiger partial charge >= 0.3 is 0 Å². The third-order valence-corrected chi connectivity index (χ3v) is 4.45. The van der Waals surface area contributed by atoms with Crippen LogP contribution in [-0.4, -0.2) is 16.5 Å². The van der Waals surface area contributed by atoms with Gasteiger partial charge in [-0.1, -0.05) is 36.4 Å². The van der Waals surface area contributed by atoms with Gasteiger partial charge in [0.2, 0.25) is 0 Å². The molecular weight excluding hydrogens is 270 g/mol. The van der Waals surface area contributed by atoms with E-state index in [1.165, 1.54) is 27.9 Å². The van der Waals surface area contributed by atoms with Crippen molar-refractivity contribution in [3.05, 3.63) is 71.8 Å². The van der Waals surface area contributed by atoms with E-state index in [9.17, 15) is 0 Å². The lowest BCUT2D eigenvalue weighted by Gasteiger charge is -2.19. The largest absolute Gasteiger partial charge is 0.365 e. The summed E-state index contributed by atoms with van der Waals surface area (Å²) in [5, 5.41) is 0. The zero-order valence-corrected chi connectivity index (χ0v) is 12.7. The van der Waals surface area contributed by atoms with Gasteiger partial charge in [-0.05, 0) is 41.7 Å². The quantitative estimate of drug-likeness (QED) is 0.791. The average Bonchev–Trinajstić information content (AvgIpc) is 3.18. The average molecular weight is 289 g/mol. The molecule has 0 saturated heterocycles. The summed E-state index contributed by atoms with van der Waals surface area (Å²) in [7, 11) is 0. The molecule has 0 aliphatic carbocycles. The molecule has 0 fully saturated rings. The van der Waals surface area contributed by atoms with Crippen LogP contribution in [-0.2, 0) is 13.0 Å². The molecule has 1 N–H and O–H groups in total. The van der Waals surface area contributed by atoms with Crippen molar-refractivity contribution in [2.45, 2.75) is 19.9 Å². The number of imidazole rings is 1. The molecular formula is C19H19N3. The highest BCUT2D eigenvalue weighted by molar-refractivity contribution is 5.74. The molecule has 2 heterocycles. The lowest BCUT2D eigenvalue weighted by atomic mass is 9.98. The van der Waals surface area contributed by atoms with Gasteiger partial charge in [-0.2, -0.15) is 0 Å². The molecule has 0 saturated carbocycles. The van der Waals surface area contributed by atoms with Crippen molar-refractivity contribution in [3.63, 3.8) is 0 Å². The van der Waals surface area contributed by atoms with E-state index in [4.69, 9.17) is 0 Å². The molecule has 0 radical (unpaired) electrons. The fraction of sp³-hybridized carbons (Fsp3) is 0.211. The van der Waals surface area contributed by atoms with Crippen molar-refractivity contribution in [3.8, 4) is 11.1 Å². The summed E-state index contributed by atoms with van der Waals surface area (Å²) in [6, 6.07) is 15.4. The first kappa shape index (κ1) is 13.1. The Labute approximate surface area is 130 Å². The molecule has 0 bridgehead atoms. The highest BCUT2D eigenvalue weighted by Gasteiger charge is 2.20. The number of anilines is 1. The lowest BCUT2D eigenvalue weighted by molar-refractivity contribution is 0.819. The first-order valence-corrected chi connectivity index (χ1v) is 7.72. The zero-order chi connectivity index (χ0) is 14.9. The van der Waals surface area contributed by atoms with E-state index in [1.807, 2.05) is 6.20 Å². The van der Waals surface area contributed by atoms with Crippen molar-refractivity contribution in [2.24, 2.45) is 0 Å². The molecule has 0 spiro atoms. The number of aromatic nitrogens is 2. The molecule has 3 heteroatoms. The van der Waals surface area contributed by atoms with Gasteiger partial charge in [0.1, 0.15) is 0 Å². The Morgan fingerprint density at radius 2 is 2.09 bits per heavy atom. The summed E-state index contributed by atoms with van der Waals surface area (Å²) in [5.41, 5.74) is 7.90. The number of aromatic amines is 1. The number of H-pyrrole nitrogens is 1. The maximum absolute atomic E-state index is 4.11. The SMILES string of the molecule is Cc1ccccc1-c1ccc2c(c1)N(Cc1cnc[nH]1)CC2. The van der Waals surface area contributed by atoms with E-state index in [2.05, 4.69) is 64.3 Å². The maximum atomic E-state index is 4.11. The number of hydrogen-bond acceptors (Lipinski definition) is 2. The summed E-state index contributed by atoms with van der Waals surface area (Å²) in [6.45, 7) is 4.14. The first-order valence-electron chi connectivity index (χ1n) is 7.72.